The van der Waals surface area contributed by atoms with Gasteiger partial charge < -0.3 is 26.4 Å². The highest BCUT2D eigenvalue weighted by Crippen LogP contribution is 2.30. The van der Waals surface area contributed by atoms with Gasteiger partial charge in [0.1, 0.15) is 6.04 Å². The van der Waals surface area contributed by atoms with Crippen molar-refractivity contribution in [1.82, 2.24) is 10.2 Å². The van der Waals surface area contributed by atoms with Crippen LogP contribution in [0.15, 0.2) is 78.9 Å². The van der Waals surface area contributed by atoms with E-state index in [1.807, 2.05) is 0 Å². The summed E-state index contributed by atoms with van der Waals surface area (Å²) in [5, 5.41) is 8.77. The number of para-hydroxylation sites is 2. The zero-order valence-electron chi connectivity index (χ0n) is 22.7. The summed E-state index contributed by atoms with van der Waals surface area (Å²) in [4.78, 5) is 28.0. The SMILES string of the molecule is Nc1ccccc1NC(=O)/C=C/c1ccc(C(NCCN2C[C@@H]3C[C@H]2CO3)C(=O)Nc2ccc(C(F)(F)F)cc2)cc1. The van der Waals surface area contributed by atoms with Crippen molar-refractivity contribution in [2.75, 3.05) is 42.6 Å². The number of hydrogen-bond donors (Lipinski definition) is 4. The summed E-state index contributed by atoms with van der Waals surface area (Å²) in [5.41, 5.74) is 7.74. The Morgan fingerprint density at radius 1 is 1.02 bits per heavy atom. The van der Waals surface area contributed by atoms with Gasteiger partial charge in [0.25, 0.3) is 0 Å². The van der Waals surface area contributed by atoms with Crippen LogP contribution in [0.4, 0.5) is 30.2 Å². The Labute approximate surface area is 241 Å². The standard InChI is InChI=1S/C31H32F3N5O3/c32-31(33,34)22-10-12-23(13-11-22)37-30(41)29(36-15-16-39-18-25-17-24(39)19-42-25)21-8-5-20(6-9-21)7-14-28(40)38-27-4-2-1-3-26(27)35/h1-14,24-25,29,36H,15-19,35H2,(H,37,41)(H,38,40)/b14-7+/t24-,25-,29?/m0/s1. The molecule has 2 aliphatic rings. The number of nitrogen functional groups attached to an aromatic ring is 1. The highest BCUT2D eigenvalue weighted by Gasteiger charge is 2.38. The van der Waals surface area contributed by atoms with Crippen LogP contribution in [0.2, 0.25) is 0 Å². The van der Waals surface area contributed by atoms with E-state index in [9.17, 15) is 22.8 Å². The second-order valence-electron chi connectivity index (χ2n) is 10.4. The van der Waals surface area contributed by atoms with Crippen LogP contribution in [0.3, 0.4) is 0 Å². The Bertz CT molecular complexity index is 1430. The third-order valence-electron chi connectivity index (χ3n) is 7.42. The number of anilines is 3. The second-order valence-corrected chi connectivity index (χ2v) is 10.4. The summed E-state index contributed by atoms with van der Waals surface area (Å²) < 4.78 is 44.5. The Morgan fingerprint density at radius 3 is 2.40 bits per heavy atom. The third kappa shape index (κ3) is 7.35. The highest BCUT2D eigenvalue weighted by atomic mass is 19.4. The van der Waals surface area contributed by atoms with E-state index >= 15 is 0 Å². The van der Waals surface area contributed by atoms with E-state index in [-0.39, 0.29) is 17.7 Å². The predicted octanol–water partition coefficient (Wildman–Crippen LogP) is 4.68. The lowest BCUT2D eigenvalue weighted by Crippen LogP contribution is -2.43. The van der Waals surface area contributed by atoms with Crippen molar-refractivity contribution >= 4 is 35.0 Å². The molecule has 3 aromatic rings. The zero-order chi connectivity index (χ0) is 29.7. The van der Waals surface area contributed by atoms with E-state index < -0.39 is 23.7 Å². The van der Waals surface area contributed by atoms with Crippen LogP contribution < -0.4 is 21.7 Å². The number of hydrogen-bond acceptors (Lipinski definition) is 6. The molecule has 0 radical (unpaired) electrons. The molecule has 2 heterocycles. The molecule has 220 valence electrons. The quantitative estimate of drug-likeness (QED) is 0.205. The van der Waals surface area contributed by atoms with Crippen molar-refractivity contribution < 1.29 is 27.5 Å². The summed E-state index contributed by atoms with van der Waals surface area (Å²) in [6.45, 7) is 2.84. The number of benzene rings is 3. The molecule has 0 aliphatic carbocycles. The van der Waals surface area contributed by atoms with Crippen LogP contribution in [0.5, 0.6) is 0 Å². The minimum absolute atomic E-state index is 0.262. The van der Waals surface area contributed by atoms with E-state index in [4.69, 9.17) is 10.5 Å². The summed E-state index contributed by atoms with van der Waals surface area (Å²) in [5.74, 6) is -0.738. The Morgan fingerprint density at radius 2 is 1.76 bits per heavy atom. The molecule has 2 aliphatic heterocycles. The summed E-state index contributed by atoms with van der Waals surface area (Å²) in [7, 11) is 0. The summed E-state index contributed by atoms with van der Waals surface area (Å²) in [6.07, 6.45) is -0.140. The van der Waals surface area contributed by atoms with Crippen LogP contribution in [0, 0.1) is 0 Å². The maximum absolute atomic E-state index is 13.3. The summed E-state index contributed by atoms with van der Waals surface area (Å²) in [6, 6.07) is 18.1. The van der Waals surface area contributed by atoms with E-state index in [1.54, 1.807) is 54.6 Å². The minimum Gasteiger partial charge on any atom is -0.397 e. The number of halogens is 3. The van der Waals surface area contributed by atoms with Crippen molar-refractivity contribution in [3.8, 4) is 0 Å². The van der Waals surface area contributed by atoms with Crippen LogP contribution in [-0.2, 0) is 20.5 Å². The second kappa shape index (κ2) is 12.8. The van der Waals surface area contributed by atoms with Crippen molar-refractivity contribution in [3.63, 3.8) is 0 Å². The molecule has 2 amide bonds. The molecule has 0 spiro atoms. The van der Waals surface area contributed by atoms with Crippen molar-refractivity contribution in [2.24, 2.45) is 0 Å². The minimum atomic E-state index is -4.46. The van der Waals surface area contributed by atoms with E-state index in [0.717, 1.165) is 37.2 Å². The molecule has 3 aromatic carbocycles. The fourth-order valence-electron chi connectivity index (χ4n) is 5.18. The molecule has 1 unspecified atom stereocenters. The van der Waals surface area contributed by atoms with Gasteiger partial charge in [-0.15, -0.1) is 0 Å². The first-order chi connectivity index (χ1) is 20.2. The number of rotatable bonds is 10. The molecule has 42 heavy (non-hydrogen) atoms. The molecule has 8 nitrogen and oxygen atoms in total. The number of carbonyl (C=O) groups is 2. The van der Waals surface area contributed by atoms with Crippen LogP contribution in [0.1, 0.15) is 29.2 Å². The number of alkyl halides is 3. The van der Waals surface area contributed by atoms with Gasteiger partial charge in [0, 0.05) is 37.4 Å². The van der Waals surface area contributed by atoms with Gasteiger partial charge in [-0.25, -0.2) is 0 Å². The van der Waals surface area contributed by atoms with Crippen molar-refractivity contribution in [1.29, 1.82) is 0 Å². The average molecular weight is 580 g/mol. The Kier molecular flexibility index (Phi) is 8.91. The number of nitrogens with two attached hydrogens (primary N) is 1. The fourth-order valence-corrected chi connectivity index (χ4v) is 5.18. The third-order valence-corrected chi connectivity index (χ3v) is 7.42. The first-order valence-corrected chi connectivity index (χ1v) is 13.7. The lowest BCUT2D eigenvalue weighted by Gasteiger charge is -2.27. The lowest BCUT2D eigenvalue weighted by molar-refractivity contribution is -0.137. The first-order valence-electron chi connectivity index (χ1n) is 13.7. The van der Waals surface area contributed by atoms with Gasteiger partial charge in [0.05, 0.1) is 29.6 Å². The molecular weight excluding hydrogens is 547 g/mol. The number of fused-ring (bicyclic) bond motifs is 2. The van der Waals surface area contributed by atoms with Gasteiger partial charge in [-0.1, -0.05) is 36.4 Å². The average Bonchev–Trinajstić information content (AvgIpc) is 3.59. The lowest BCUT2D eigenvalue weighted by atomic mass is 10.0. The van der Waals surface area contributed by atoms with Gasteiger partial charge in [-0.05, 0) is 60.0 Å². The molecule has 2 fully saturated rings. The number of ether oxygens (including phenoxy) is 1. The molecule has 0 aromatic heterocycles. The molecular formula is C31H32F3N5O3. The smallest absolute Gasteiger partial charge is 0.397 e. The number of nitrogens with one attached hydrogen (secondary N) is 3. The van der Waals surface area contributed by atoms with Crippen LogP contribution in [0.25, 0.3) is 6.08 Å². The molecule has 2 saturated heterocycles. The molecule has 5 rings (SSSR count). The van der Waals surface area contributed by atoms with Gasteiger partial charge in [-0.2, -0.15) is 13.2 Å². The van der Waals surface area contributed by atoms with Crippen molar-refractivity contribution in [3.05, 3.63) is 95.6 Å². The number of morpholine rings is 1. The van der Waals surface area contributed by atoms with Crippen molar-refractivity contribution in [2.45, 2.75) is 30.8 Å². The van der Waals surface area contributed by atoms with Gasteiger partial charge >= 0.3 is 6.18 Å². The monoisotopic (exact) mass is 579 g/mol. The molecule has 5 N–H and O–H groups in total. The number of likely N-dealkylation sites (tertiary alicyclic amines) is 1. The largest absolute Gasteiger partial charge is 0.416 e. The van der Waals surface area contributed by atoms with E-state index in [2.05, 4.69) is 20.9 Å². The topological polar surface area (TPSA) is 109 Å². The number of carbonyl (C=O) groups excluding carboxylic acids is 2. The molecule has 3 atom stereocenters. The van der Waals surface area contributed by atoms with Gasteiger partial charge in [0.2, 0.25) is 11.8 Å². The van der Waals surface area contributed by atoms with E-state index in [0.29, 0.717) is 36.1 Å². The summed E-state index contributed by atoms with van der Waals surface area (Å²) >= 11 is 0. The zero-order valence-corrected chi connectivity index (χ0v) is 22.7. The molecule has 2 bridgehead atoms. The van der Waals surface area contributed by atoms with E-state index in [1.165, 1.54) is 18.2 Å². The fraction of sp³-hybridized carbons (Fsp3) is 0.290. The molecule has 11 heteroatoms. The molecule has 0 saturated carbocycles. The normalized spacial score (nSPS) is 19.2. The van der Waals surface area contributed by atoms with Crippen LogP contribution in [-0.4, -0.2) is 55.1 Å². The predicted molar refractivity (Wildman–Crippen MR) is 155 cm³/mol. The number of amides is 2. The highest BCUT2D eigenvalue weighted by molar-refractivity contribution is 6.03. The first kappa shape index (κ1) is 29.3. The van der Waals surface area contributed by atoms with Gasteiger partial charge in [0.15, 0.2) is 0 Å². The Balaban J connectivity index is 1.25. The number of nitrogens with zero attached hydrogens (tertiary/aromatic N) is 1. The van der Waals surface area contributed by atoms with Gasteiger partial charge in [-0.3, -0.25) is 14.5 Å². The maximum Gasteiger partial charge on any atom is 0.416 e. The van der Waals surface area contributed by atoms with Crippen LogP contribution >= 0.6 is 0 Å². The Hall–Kier alpha value is -4.19. The maximum atomic E-state index is 13.3.